The van der Waals surface area contributed by atoms with E-state index < -0.39 is 0 Å². The third-order valence-corrected chi connectivity index (χ3v) is 3.42. The van der Waals surface area contributed by atoms with Gasteiger partial charge >= 0.3 is 0 Å². The van der Waals surface area contributed by atoms with E-state index in [1.54, 1.807) is 0 Å². The average molecular weight is 239 g/mol. The molecule has 2 aromatic rings. The summed E-state index contributed by atoms with van der Waals surface area (Å²) in [6.07, 6.45) is 2.04. The summed E-state index contributed by atoms with van der Waals surface area (Å²) in [5.74, 6) is 0. The number of benzene rings is 2. The van der Waals surface area contributed by atoms with Crippen molar-refractivity contribution in [2.24, 2.45) is 5.73 Å². The van der Waals surface area contributed by atoms with Gasteiger partial charge in [0.05, 0.1) is 0 Å². The minimum absolute atomic E-state index is 0.138. The summed E-state index contributed by atoms with van der Waals surface area (Å²) in [5.41, 5.74) is 11.2. The zero-order chi connectivity index (χ0) is 13.0. The maximum absolute atomic E-state index is 6.10. The van der Waals surface area contributed by atoms with Gasteiger partial charge in [-0.25, -0.2) is 0 Å². The van der Waals surface area contributed by atoms with Gasteiger partial charge in [-0.2, -0.15) is 0 Å². The van der Waals surface area contributed by atoms with Crippen LogP contribution in [0.25, 0.3) is 11.1 Å². The molecule has 0 radical (unpaired) electrons. The van der Waals surface area contributed by atoms with E-state index in [4.69, 9.17) is 5.73 Å². The van der Waals surface area contributed by atoms with Gasteiger partial charge in [-0.3, -0.25) is 0 Å². The standard InChI is InChI=1S/C17H21N/c1-3-13-7-5-8-14(11-13)15-9-6-10-16(12-15)17(18)4-2/h5-12,17H,3-4,18H2,1-2H3. The first-order valence-electron chi connectivity index (χ1n) is 6.69. The van der Waals surface area contributed by atoms with Gasteiger partial charge in [0.25, 0.3) is 0 Å². The van der Waals surface area contributed by atoms with E-state index in [0.29, 0.717) is 0 Å². The van der Waals surface area contributed by atoms with Crippen LogP contribution in [0.3, 0.4) is 0 Å². The summed E-state index contributed by atoms with van der Waals surface area (Å²) in [6.45, 7) is 4.30. The van der Waals surface area contributed by atoms with Crippen LogP contribution in [0.4, 0.5) is 0 Å². The van der Waals surface area contributed by atoms with Crippen molar-refractivity contribution in [2.45, 2.75) is 32.7 Å². The van der Waals surface area contributed by atoms with Crippen LogP contribution < -0.4 is 5.73 Å². The van der Waals surface area contributed by atoms with Gasteiger partial charge in [0.1, 0.15) is 0 Å². The topological polar surface area (TPSA) is 26.0 Å². The fourth-order valence-electron chi connectivity index (χ4n) is 2.16. The third kappa shape index (κ3) is 2.80. The molecule has 94 valence electrons. The lowest BCUT2D eigenvalue weighted by Gasteiger charge is -2.11. The Morgan fingerprint density at radius 1 is 0.944 bits per heavy atom. The molecule has 1 nitrogen and oxygen atoms in total. The molecular weight excluding hydrogens is 218 g/mol. The Balaban J connectivity index is 2.38. The highest BCUT2D eigenvalue weighted by Gasteiger charge is 2.05. The number of hydrogen-bond donors (Lipinski definition) is 1. The van der Waals surface area contributed by atoms with Crippen LogP contribution in [-0.2, 0) is 6.42 Å². The summed E-state index contributed by atoms with van der Waals surface area (Å²) in [7, 11) is 0. The molecule has 0 fully saturated rings. The van der Waals surface area contributed by atoms with E-state index >= 15 is 0 Å². The second kappa shape index (κ2) is 5.83. The first-order valence-corrected chi connectivity index (χ1v) is 6.69. The highest BCUT2D eigenvalue weighted by molar-refractivity contribution is 5.65. The van der Waals surface area contributed by atoms with Crippen LogP contribution in [0.2, 0.25) is 0 Å². The first kappa shape index (κ1) is 12.8. The van der Waals surface area contributed by atoms with Crippen molar-refractivity contribution in [2.75, 3.05) is 0 Å². The van der Waals surface area contributed by atoms with Crippen LogP contribution in [0.15, 0.2) is 48.5 Å². The molecule has 0 aliphatic rings. The van der Waals surface area contributed by atoms with Gasteiger partial charge in [-0.05, 0) is 41.2 Å². The summed E-state index contributed by atoms with van der Waals surface area (Å²) >= 11 is 0. The molecule has 2 aromatic carbocycles. The van der Waals surface area contributed by atoms with Crippen LogP contribution in [0, 0.1) is 0 Å². The molecule has 0 saturated heterocycles. The van der Waals surface area contributed by atoms with Gasteiger partial charge in [0, 0.05) is 6.04 Å². The van der Waals surface area contributed by atoms with E-state index in [-0.39, 0.29) is 6.04 Å². The molecule has 0 aromatic heterocycles. The van der Waals surface area contributed by atoms with Crippen molar-refractivity contribution in [3.05, 3.63) is 59.7 Å². The quantitative estimate of drug-likeness (QED) is 0.844. The van der Waals surface area contributed by atoms with Crippen molar-refractivity contribution < 1.29 is 0 Å². The highest BCUT2D eigenvalue weighted by Crippen LogP contribution is 2.24. The monoisotopic (exact) mass is 239 g/mol. The average Bonchev–Trinajstić information content (AvgIpc) is 2.46. The van der Waals surface area contributed by atoms with E-state index in [0.717, 1.165) is 12.8 Å². The van der Waals surface area contributed by atoms with Gasteiger partial charge < -0.3 is 5.73 Å². The predicted octanol–water partition coefficient (Wildman–Crippen LogP) is 4.33. The number of rotatable bonds is 4. The van der Waals surface area contributed by atoms with Crippen LogP contribution in [-0.4, -0.2) is 0 Å². The van der Waals surface area contributed by atoms with E-state index in [1.807, 2.05) is 0 Å². The Morgan fingerprint density at radius 2 is 1.61 bits per heavy atom. The fraction of sp³-hybridized carbons (Fsp3) is 0.294. The Bertz CT molecular complexity index is 517. The molecule has 2 rings (SSSR count). The van der Waals surface area contributed by atoms with Gasteiger partial charge in [0.15, 0.2) is 0 Å². The molecule has 1 heteroatoms. The lowest BCUT2D eigenvalue weighted by Crippen LogP contribution is -2.08. The van der Waals surface area contributed by atoms with Crippen molar-refractivity contribution in [1.29, 1.82) is 0 Å². The molecule has 18 heavy (non-hydrogen) atoms. The first-order chi connectivity index (χ1) is 8.74. The second-order valence-electron chi connectivity index (χ2n) is 4.69. The predicted molar refractivity (Wildman–Crippen MR) is 78.5 cm³/mol. The Labute approximate surface area is 110 Å². The fourth-order valence-corrected chi connectivity index (χ4v) is 2.16. The Hall–Kier alpha value is -1.60. The maximum atomic E-state index is 6.10. The normalized spacial score (nSPS) is 12.4. The molecule has 0 amide bonds. The van der Waals surface area contributed by atoms with E-state index in [9.17, 15) is 0 Å². The molecule has 0 aliphatic heterocycles. The maximum Gasteiger partial charge on any atom is 0.0292 e. The largest absolute Gasteiger partial charge is 0.324 e. The number of aryl methyl sites for hydroxylation is 1. The Kier molecular flexibility index (Phi) is 4.16. The van der Waals surface area contributed by atoms with Crippen molar-refractivity contribution in [1.82, 2.24) is 0 Å². The summed E-state index contributed by atoms with van der Waals surface area (Å²) in [6, 6.07) is 17.4. The van der Waals surface area contributed by atoms with E-state index in [1.165, 1.54) is 22.3 Å². The van der Waals surface area contributed by atoms with Crippen LogP contribution in [0.1, 0.15) is 37.4 Å². The lowest BCUT2D eigenvalue weighted by atomic mass is 9.97. The molecule has 1 atom stereocenters. The summed E-state index contributed by atoms with van der Waals surface area (Å²) < 4.78 is 0. The minimum Gasteiger partial charge on any atom is -0.324 e. The number of hydrogen-bond acceptors (Lipinski definition) is 1. The molecule has 0 aliphatic carbocycles. The highest BCUT2D eigenvalue weighted by atomic mass is 14.6. The zero-order valence-electron chi connectivity index (χ0n) is 11.2. The summed E-state index contributed by atoms with van der Waals surface area (Å²) in [4.78, 5) is 0. The second-order valence-corrected chi connectivity index (χ2v) is 4.69. The van der Waals surface area contributed by atoms with Gasteiger partial charge in [-0.15, -0.1) is 0 Å². The van der Waals surface area contributed by atoms with Crippen molar-refractivity contribution >= 4 is 0 Å². The Morgan fingerprint density at radius 3 is 2.28 bits per heavy atom. The molecule has 2 N–H and O–H groups in total. The smallest absolute Gasteiger partial charge is 0.0292 e. The van der Waals surface area contributed by atoms with Crippen LogP contribution in [0.5, 0.6) is 0 Å². The number of nitrogens with two attached hydrogens (primary N) is 1. The lowest BCUT2D eigenvalue weighted by molar-refractivity contribution is 0.699. The SMILES string of the molecule is CCc1cccc(-c2cccc(C(N)CC)c2)c1. The minimum atomic E-state index is 0.138. The summed E-state index contributed by atoms with van der Waals surface area (Å²) in [5, 5.41) is 0. The zero-order valence-corrected chi connectivity index (χ0v) is 11.2. The van der Waals surface area contributed by atoms with E-state index in [2.05, 4.69) is 62.4 Å². The molecule has 0 saturated carbocycles. The third-order valence-electron chi connectivity index (χ3n) is 3.42. The molecule has 0 bridgehead atoms. The van der Waals surface area contributed by atoms with Gasteiger partial charge in [0.2, 0.25) is 0 Å². The molecular formula is C17H21N. The molecule has 0 spiro atoms. The van der Waals surface area contributed by atoms with Gasteiger partial charge in [-0.1, -0.05) is 56.3 Å². The molecule has 0 heterocycles. The van der Waals surface area contributed by atoms with Crippen molar-refractivity contribution in [3.8, 4) is 11.1 Å². The van der Waals surface area contributed by atoms with Crippen LogP contribution >= 0.6 is 0 Å². The van der Waals surface area contributed by atoms with Crippen molar-refractivity contribution in [3.63, 3.8) is 0 Å². The molecule has 1 unspecified atom stereocenters.